The van der Waals surface area contributed by atoms with E-state index in [1.54, 1.807) is 0 Å². The molecule has 0 N–H and O–H groups in total. The monoisotopic (exact) mass is 399 g/mol. The first-order valence-corrected chi connectivity index (χ1v) is 4.80. The Hall–Kier alpha value is 1.55. The van der Waals surface area contributed by atoms with Gasteiger partial charge in [-0.3, -0.25) is 0 Å². The van der Waals surface area contributed by atoms with Crippen molar-refractivity contribution in [3.05, 3.63) is 12.2 Å². The van der Waals surface area contributed by atoms with Gasteiger partial charge in [0.25, 0.3) is 0 Å². The van der Waals surface area contributed by atoms with E-state index in [0.29, 0.717) is 12.2 Å². The van der Waals surface area contributed by atoms with E-state index in [9.17, 15) is 32.8 Å². The van der Waals surface area contributed by atoms with Gasteiger partial charge < -0.3 is 24.4 Å². The summed E-state index contributed by atoms with van der Waals surface area (Å²) in [7, 11) is -3.91. The van der Waals surface area contributed by atoms with E-state index in [1.165, 1.54) is 6.92 Å². The van der Waals surface area contributed by atoms with E-state index < -0.39 is 22.1 Å². The normalized spacial score (nSPS) is 9.12. The zero-order chi connectivity index (χ0) is 11.8. The largest absolute Gasteiger partial charge is 2.00 e. The molecule has 0 aliphatic heterocycles. The van der Waals surface area contributed by atoms with E-state index in [1.807, 2.05) is 0 Å². The van der Waals surface area contributed by atoms with Crippen LogP contribution in [-0.2, 0) is 19.7 Å². The predicted molar refractivity (Wildman–Crippen MR) is 50.9 cm³/mol. The summed E-state index contributed by atoms with van der Waals surface area (Å²) in [6.07, 6.45) is 0.769. The molecule has 0 aromatic rings. The van der Waals surface area contributed by atoms with Crippen molar-refractivity contribution in [3.8, 4) is 0 Å². The summed E-state index contributed by atoms with van der Waals surface area (Å²) in [4.78, 5) is 18.8. The Labute approximate surface area is 167 Å². The number of carbonyl (C=O) groups is 2. The first-order chi connectivity index (χ1) is 6.19. The zero-order valence-electron chi connectivity index (χ0n) is 8.54. The summed E-state index contributed by atoms with van der Waals surface area (Å²) >= 11 is 0. The van der Waals surface area contributed by atoms with Crippen molar-refractivity contribution in [1.29, 1.82) is 0 Å². The van der Waals surface area contributed by atoms with Gasteiger partial charge in [-0.1, -0.05) is 6.92 Å². The standard InChI is InChI=1S/C4H4O4.C2H6O3S.2Sr/c5-3(6)1-2-4(7)8;1-2-6(3,4)5;;/h1-2H,(H,5,6)(H,7,8);2H2,1H3,(H,3,4,5);;/q;;2*+2/p-3. The van der Waals surface area contributed by atoms with Crippen molar-refractivity contribution in [1.82, 2.24) is 0 Å². The minimum absolute atomic E-state index is 0. The molecule has 0 heterocycles. The Balaban J connectivity index is -0.0000000825. The summed E-state index contributed by atoms with van der Waals surface area (Å²) in [5.41, 5.74) is 0. The van der Waals surface area contributed by atoms with Crippen molar-refractivity contribution in [3.63, 3.8) is 0 Å². The van der Waals surface area contributed by atoms with Gasteiger partial charge in [0, 0.05) is 5.75 Å². The quantitative estimate of drug-likeness (QED) is 0.267. The number of carboxylic acids is 2. The van der Waals surface area contributed by atoms with E-state index in [2.05, 4.69) is 0 Å². The molecule has 0 unspecified atom stereocenters. The third-order valence-corrected chi connectivity index (χ3v) is 1.42. The van der Waals surface area contributed by atoms with Crippen LogP contribution in [0.25, 0.3) is 0 Å². The van der Waals surface area contributed by atoms with Crippen molar-refractivity contribution in [2.24, 2.45) is 0 Å². The molecule has 0 atom stereocenters. The van der Waals surface area contributed by atoms with Gasteiger partial charge in [0.2, 0.25) is 0 Å². The fourth-order valence-corrected chi connectivity index (χ4v) is 0.136. The van der Waals surface area contributed by atoms with Gasteiger partial charge in [-0.25, -0.2) is 8.42 Å². The molecule has 0 rings (SSSR count). The van der Waals surface area contributed by atoms with Gasteiger partial charge in [-0.2, -0.15) is 0 Å². The summed E-state index contributed by atoms with van der Waals surface area (Å²) < 4.78 is 28.3. The average molecular weight is 398 g/mol. The Bertz CT molecular complexity index is 306. The van der Waals surface area contributed by atoms with E-state index in [4.69, 9.17) is 0 Å². The molecule has 0 aliphatic carbocycles. The van der Waals surface area contributed by atoms with Crippen LogP contribution in [0.4, 0.5) is 0 Å². The molecule has 7 nitrogen and oxygen atoms in total. The van der Waals surface area contributed by atoms with Crippen LogP contribution in [-0.4, -0.2) is 122 Å². The Kier molecular flexibility index (Phi) is 23.9. The molecule has 0 aliphatic rings. The van der Waals surface area contributed by atoms with Crippen LogP contribution >= 0.6 is 0 Å². The van der Waals surface area contributed by atoms with Crippen molar-refractivity contribution >= 4 is 113 Å². The number of carboxylic acid groups (broad SMARTS) is 2. The van der Waals surface area contributed by atoms with Crippen LogP contribution in [0, 0.1) is 0 Å². The molecule has 10 heteroatoms. The number of rotatable bonds is 3. The molecule has 0 spiro atoms. The second-order valence-corrected chi connectivity index (χ2v) is 3.51. The molecule has 0 saturated carbocycles. The molecular weight excluding hydrogens is 391 g/mol. The van der Waals surface area contributed by atoms with Gasteiger partial charge >= 0.3 is 91.0 Å². The number of hydrogen-bond donors (Lipinski definition) is 0. The molecular formula is C6H7O7SSr2+. The van der Waals surface area contributed by atoms with Gasteiger partial charge in [0.1, 0.15) is 0 Å². The summed E-state index contributed by atoms with van der Waals surface area (Å²) in [5, 5.41) is 18.8. The van der Waals surface area contributed by atoms with Crippen molar-refractivity contribution in [2.75, 3.05) is 5.75 Å². The second kappa shape index (κ2) is 14.6. The van der Waals surface area contributed by atoms with E-state index in [-0.39, 0.29) is 96.7 Å². The molecule has 0 aromatic heterocycles. The molecule has 0 fully saturated rings. The van der Waals surface area contributed by atoms with Crippen LogP contribution in [0.15, 0.2) is 12.2 Å². The zero-order valence-corrected chi connectivity index (χ0v) is 16.3. The molecule has 0 saturated heterocycles. The molecule has 0 bridgehead atoms. The Morgan fingerprint density at radius 2 is 1.25 bits per heavy atom. The van der Waals surface area contributed by atoms with Crippen molar-refractivity contribution in [2.45, 2.75) is 6.92 Å². The van der Waals surface area contributed by atoms with Crippen LogP contribution in [0.3, 0.4) is 0 Å². The maximum atomic E-state index is 9.44. The van der Waals surface area contributed by atoms with Crippen LogP contribution in [0.1, 0.15) is 6.92 Å². The predicted octanol–water partition coefficient (Wildman–Crippen LogP) is -4.17. The van der Waals surface area contributed by atoms with Gasteiger partial charge in [-0.15, -0.1) is 0 Å². The Morgan fingerprint density at radius 3 is 1.31 bits per heavy atom. The summed E-state index contributed by atoms with van der Waals surface area (Å²) in [6, 6.07) is 0. The van der Waals surface area contributed by atoms with E-state index >= 15 is 0 Å². The molecule has 0 aromatic carbocycles. The van der Waals surface area contributed by atoms with Crippen LogP contribution < -0.4 is 10.2 Å². The number of carbonyl (C=O) groups excluding carboxylic acids is 2. The molecule has 82 valence electrons. The van der Waals surface area contributed by atoms with Gasteiger partial charge in [0.15, 0.2) is 0 Å². The molecule has 16 heavy (non-hydrogen) atoms. The topological polar surface area (TPSA) is 137 Å². The number of aliphatic carboxylic acids is 2. The third kappa shape index (κ3) is 36.1. The first-order valence-electron chi connectivity index (χ1n) is 3.22. The van der Waals surface area contributed by atoms with Crippen LogP contribution in [0.2, 0.25) is 0 Å². The van der Waals surface area contributed by atoms with Crippen molar-refractivity contribution < 1.29 is 32.8 Å². The average Bonchev–Trinajstić information content (AvgIpc) is 2.01. The first kappa shape index (κ1) is 26.2. The van der Waals surface area contributed by atoms with Crippen LogP contribution in [0.5, 0.6) is 0 Å². The third-order valence-electron chi connectivity index (χ3n) is 0.709. The summed E-state index contributed by atoms with van der Waals surface area (Å²) in [5.74, 6) is -3.41. The molecule has 0 amide bonds. The molecule has 0 radical (unpaired) electrons. The summed E-state index contributed by atoms with van der Waals surface area (Å²) in [6.45, 7) is 1.31. The smallest absolute Gasteiger partial charge is 0.748 e. The minimum atomic E-state index is -3.91. The maximum Gasteiger partial charge on any atom is 2.00 e. The maximum absolute atomic E-state index is 9.44. The van der Waals surface area contributed by atoms with Gasteiger partial charge in [-0.05, 0) is 12.2 Å². The van der Waals surface area contributed by atoms with Gasteiger partial charge in [0.05, 0.1) is 22.1 Å². The van der Waals surface area contributed by atoms with E-state index in [0.717, 1.165) is 0 Å². The second-order valence-electron chi connectivity index (χ2n) is 1.82. The minimum Gasteiger partial charge on any atom is -0.748 e. The fraction of sp³-hybridized carbons (Fsp3) is 0.333. The number of hydrogen-bond acceptors (Lipinski definition) is 7. The SMILES string of the molecule is CCS(=O)(=O)[O-].O=C([O-])C=CC(=O)[O-].[Sr+2].[Sr+2]. The fourth-order valence-electron chi connectivity index (χ4n) is 0.136. The Morgan fingerprint density at radius 1 is 1.06 bits per heavy atom.